The van der Waals surface area contributed by atoms with Gasteiger partial charge in [-0.25, -0.2) is 0 Å². The van der Waals surface area contributed by atoms with Gasteiger partial charge in [0.05, 0.1) is 11.5 Å². The van der Waals surface area contributed by atoms with Crippen LogP contribution in [0.4, 0.5) is 5.69 Å². The first-order valence-corrected chi connectivity index (χ1v) is 5.40. The number of nitro benzene ring substituents is 1. The van der Waals surface area contributed by atoms with Gasteiger partial charge in [0.1, 0.15) is 0 Å². The normalized spacial score (nSPS) is 9.28. The molecule has 5 nitrogen and oxygen atoms in total. The molecule has 94 valence electrons. The Bertz CT molecular complexity index is 553. The van der Waals surface area contributed by atoms with Gasteiger partial charge in [-0.15, -0.1) is 0 Å². The van der Waals surface area contributed by atoms with Crippen molar-refractivity contribution in [3.63, 3.8) is 0 Å². The van der Waals surface area contributed by atoms with E-state index in [1.807, 2.05) is 6.92 Å². The van der Waals surface area contributed by atoms with Crippen LogP contribution in [-0.2, 0) is 4.79 Å². The molecule has 0 saturated carbocycles. The maximum atomic E-state index is 10.8. The lowest BCUT2D eigenvalue weighted by atomic mass is 10.0. The summed E-state index contributed by atoms with van der Waals surface area (Å²) in [5.41, 5.74) is 2.17. The molecular formula is C13H14N2O3. The van der Waals surface area contributed by atoms with E-state index >= 15 is 0 Å². The standard InChI is InChI=1S/C13H14N2O3/c1-9-7-10(2)13(15(17)18)8-12(9)5-4-6-14-11(3)16/h7-8H,6H2,1-3H3,(H,14,16). The molecule has 0 aliphatic rings. The average Bonchev–Trinajstić information content (AvgIpc) is 2.25. The number of amides is 1. The molecule has 0 radical (unpaired) electrons. The van der Waals surface area contributed by atoms with Gasteiger partial charge < -0.3 is 5.32 Å². The first-order chi connectivity index (χ1) is 8.41. The molecule has 5 heteroatoms. The minimum Gasteiger partial charge on any atom is -0.345 e. The number of nitro groups is 1. The molecule has 0 aliphatic carbocycles. The molecule has 0 bridgehead atoms. The molecule has 0 spiro atoms. The predicted molar refractivity (Wildman–Crippen MR) is 68.1 cm³/mol. The highest BCUT2D eigenvalue weighted by Gasteiger charge is 2.12. The second-order valence-electron chi connectivity index (χ2n) is 3.92. The minimum atomic E-state index is -0.423. The molecule has 0 fully saturated rings. The number of benzene rings is 1. The summed E-state index contributed by atoms with van der Waals surface area (Å²) >= 11 is 0. The highest BCUT2D eigenvalue weighted by molar-refractivity contribution is 5.73. The smallest absolute Gasteiger partial charge is 0.273 e. The van der Waals surface area contributed by atoms with Crippen molar-refractivity contribution in [1.29, 1.82) is 0 Å². The van der Waals surface area contributed by atoms with Gasteiger partial charge in [0.25, 0.3) is 5.69 Å². The van der Waals surface area contributed by atoms with E-state index < -0.39 is 4.92 Å². The average molecular weight is 246 g/mol. The highest BCUT2D eigenvalue weighted by Crippen LogP contribution is 2.21. The van der Waals surface area contributed by atoms with E-state index in [1.54, 1.807) is 13.0 Å². The van der Waals surface area contributed by atoms with Gasteiger partial charge in [-0.1, -0.05) is 11.8 Å². The lowest BCUT2D eigenvalue weighted by Gasteiger charge is -2.02. The molecule has 0 heterocycles. The Balaban J connectivity index is 2.98. The zero-order valence-corrected chi connectivity index (χ0v) is 10.5. The molecular weight excluding hydrogens is 232 g/mol. The molecule has 1 aromatic carbocycles. The van der Waals surface area contributed by atoms with Crippen molar-refractivity contribution < 1.29 is 9.72 Å². The van der Waals surface area contributed by atoms with Crippen molar-refractivity contribution in [1.82, 2.24) is 5.32 Å². The highest BCUT2D eigenvalue weighted by atomic mass is 16.6. The third kappa shape index (κ3) is 3.59. The van der Waals surface area contributed by atoms with Crippen LogP contribution < -0.4 is 5.32 Å². The monoisotopic (exact) mass is 246 g/mol. The maximum Gasteiger partial charge on any atom is 0.273 e. The number of carbonyl (C=O) groups is 1. The lowest BCUT2D eigenvalue weighted by molar-refractivity contribution is -0.385. The molecule has 18 heavy (non-hydrogen) atoms. The van der Waals surface area contributed by atoms with Crippen LogP contribution in [0.25, 0.3) is 0 Å². The Kier molecular flexibility index (Phi) is 4.44. The number of rotatable bonds is 2. The van der Waals surface area contributed by atoms with E-state index in [-0.39, 0.29) is 18.1 Å². The lowest BCUT2D eigenvalue weighted by Crippen LogP contribution is -2.19. The Hall–Kier alpha value is -2.35. The topological polar surface area (TPSA) is 72.2 Å². The Labute approximate surface area is 105 Å². The molecule has 0 unspecified atom stereocenters. The fourth-order valence-corrected chi connectivity index (χ4v) is 1.48. The fraction of sp³-hybridized carbons (Fsp3) is 0.308. The largest absolute Gasteiger partial charge is 0.345 e. The van der Waals surface area contributed by atoms with E-state index in [1.165, 1.54) is 13.0 Å². The van der Waals surface area contributed by atoms with Crippen molar-refractivity contribution in [2.75, 3.05) is 6.54 Å². The number of hydrogen-bond donors (Lipinski definition) is 1. The van der Waals surface area contributed by atoms with Gasteiger partial charge in [-0.3, -0.25) is 14.9 Å². The number of nitrogens with zero attached hydrogens (tertiary/aromatic N) is 1. The first kappa shape index (κ1) is 13.7. The molecule has 0 aromatic heterocycles. The summed E-state index contributed by atoms with van der Waals surface area (Å²) in [6.45, 7) is 5.18. The van der Waals surface area contributed by atoms with Crippen molar-refractivity contribution in [3.8, 4) is 11.8 Å². The number of nitrogens with one attached hydrogen (secondary N) is 1. The van der Waals surface area contributed by atoms with Crippen LogP contribution in [0.2, 0.25) is 0 Å². The van der Waals surface area contributed by atoms with Crippen LogP contribution in [0.15, 0.2) is 12.1 Å². The summed E-state index contributed by atoms with van der Waals surface area (Å²) in [5, 5.41) is 13.3. The van der Waals surface area contributed by atoms with E-state index in [0.29, 0.717) is 11.1 Å². The molecule has 1 aromatic rings. The van der Waals surface area contributed by atoms with E-state index in [9.17, 15) is 14.9 Å². The summed E-state index contributed by atoms with van der Waals surface area (Å²) in [6, 6.07) is 3.20. The van der Waals surface area contributed by atoms with E-state index in [0.717, 1.165) is 5.56 Å². The third-order valence-electron chi connectivity index (χ3n) is 2.39. The van der Waals surface area contributed by atoms with Crippen molar-refractivity contribution >= 4 is 11.6 Å². The van der Waals surface area contributed by atoms with Crippen LogP contribution in [0, 0.1) is 35.8 Å². The van der Waals surface area contributed by atoms with E-state index in [4.69, 9.17) is 0 Å². The quantitative estimate of drug-likeness (QED) is 0.490. The molecule has 1 amide bonds. The maximum absolute atomic E-state index is 10.8. The summed E-state index contributed by atoms with van der Waals surface area (Å²) in [4.78, 5) is 21.0. The second-order valence-corrected chi connectivity index (χ2v) is 3.92. The SMILES string of the molecule is CC(=O)NCC#Cc1cc([N+](=O)[O-])c(C)cc1C. The third-order valence-corrected chi connectivity index (χ3v) is 2.39. The molecule has 0 saturated heterocycles. The van der Waals surface area contributed by atoms with Gasteiger partial charge >= 0.3 is 0 Å². The minimum absolute atomic E-state index is 0.0597. The van der Waals surface area contributed by atoms with Gasteiger partial charge in [-0.2, -0.15) is 0 Å². The Morgan fingerprint density at radius 1 is 1.39 bits per heavy atom. The van der Waals surface area contributed by atoms with Gasteiger partial charge in [0.15, 0.2) is 0 Å². The van der Waals surface area contributed by atoms with E-state index in [2.05, 4.69) is 17.2 Å². The number of aryl methyl sites for hydroxylation is 2. The van der Waals surface area contributed by atoms with Gasteiger partial charge in [-0.05, 0) is 25.5 Å². The number of carbonyl (C=O) groups excluding carboxylic acids is 1. The summed E-state index contributed by atoms with van der Waals surface area (Å²) < 4.78 is 0. The van der Waals surface area contributed by atoms with Crippen LogP contribution in [-0.4, -0.2) is 17.4 Å². The molecule has 1 N–H and O–H groups in total. The zero-order valence-electron chi connectivity index (χ0n) is 10.5. The van der Waals surface area contributed by atoms with Crippen LogP contribution in [0.1, 0.15) is 23.6 Å². The summed E-state index contributed by atoms with van der Waals surface area (Å²) in [7, 11) is 0. The van der Waals surface area contributed by atoms with Gasteiger partial charge in [0.2, 0.25) is 5.91 Å². The van der Waals surface area contributed by atoms with Crippen LogP contribution >= 0.6 is 0 Å². The van der Waals surface area contributed by atoms with Gasteiger partial charge in [0, 0.05) is 24.1 Å². The Morgan fingerprint density at radius 2 is 2.06 bits per heavy atom. The Morgan fingerprint density at radius 3 is 2.61 bits per heavy atom. The van der Waals surface area contributed by atoms with Crippen molar-refractivity contribution in [2.45, 2.75) is 20.8 Å². The zero-order chi connectivity index (χ0) is 13.7. The number of hydrogen-bond acceptors (Lipinski definition) is 3. The van der Waals surface area contributed by atoms with Crippen LogP contribution in [0.3, 0.4) is 0 Å². The molecule has 1 rings (SSSR count). The van der Waals surface area contributed by atoms with Crippen LogP contribution in [0.5, 0.6) is 0 Å². The predicted octanol–water partition coefficient (Wildman–Crippen LogP) is 1.70. The van der Waals surface area contributed by atoms with Crippen molar-refractivity contribution in [3.05, 3.63) is 38.9 Å². The summed E-state index contributed by atoms with van der Waals surface area (Å²) in [6.07, 6.45) is 0. The first-order valence-electron chi connectivity index (χ1n) is 5.40. The fourth-order valence-electron chi connectivity index (χ4n) is 1.48. The molecule has 0 atom stereocenters. The summed E-state index contributed by atoms with van der Waals surface area (Å²) in [5.74, 6) is 5.42. The second kappa shape index (κ2) is 5.82. The molecule has 0 aliphatic heterocycles. The van der Waals surface area contributed by atoms with Crippen molar-refractivity contribution in [2.24, 2.45) is 0 Å².